The summed E-state index contributed by atoms with van der Waals surface area (Å²) < 4.78 is 5.16. The fourth-order valence-corrected chi connectivity index (χ4v) is 1.37. The largest absolute Gasteiger partial charge is 0.376 e. The molecule has 0 saturated carbocycles. The molecule has 64 valence electrons. The van der Waals surface area contributed by atoms with Gasteiger partial charge in [-0.3, -0.25) is 4.79 Å². The van der Waals surface area contributed by atoms with Crippen molar-refractivity contribution in [1.82, 2.24) is 9.97 Å². The number of hydrogen-bond donors (Lipinski definition) is 1. The lowest BCUT2D eigenvalue weighted by Crippen LogP contribution is -2.24. The van der Waals surface area contributed by atoms with E-state index in [1.165, 1.54) is 0 Å². The maximum Gasteiger partial charge on any atom is 0.256 e. The lowest BCUT2D eigenvalue weighted by Gasteiger charge is -2.14. The molecule has 1 aliphatic rings. The van der Waals surface area contributed by atoms with Crippen molar-refractivity contribution in [2.45, 2.75) is 20.0 Å². The molecule has 0 unspecified atom stereocenters. The third kappa shape index (κ3) is 1.14. The van der Waals surface area contributed by atoms with Crippen LogP contribution < -0.4 is 5.56 Å². The summed E-state index contributed by atoms with van der Waals surface area (Å²) in [5, 5.41) is 0. The fraction of sp³-hybridized carbons (Fsp3) is 0.500. The second-order valence-corrected chi connectivity index (χ2v) is 2.88. The number of hydrogen-bond acceptors (Lipinski definition) is 3. The van der Waals surface area contributed by atoms with Gasteiger partial charge in [-0.05, 0) is 6.92 Å². The average Bonchev–Trinajstić information content (AvgIpc) is 2.04. The van der Waals surface area contributed by atoms with E-state index in [1.807, 2.05) is 0 Å². The Hall–Kier alpha value is -1.16. The first-order valence-corrected chi connectivity index (χ1v) is 3.94. The molecule has 0 radical (unpaired) electrons. The number of nitrogens with zero attached hydrogens (tertiary/aromatic N) is 1. The molecule has 4 nitrogen and oxygen atoms in total. The molecular weight excluding hydrogens is 156 g/mol. The van der Waals surface area contributed by atoms with Crippen molar-refractivity contribution in [3.05, 3.63) is 27.4 Å². The number of nitrogens with one attached hydrogen (secondary N) is 1. The van der Waals surface area contributed by atoms with Crippen LogP contribution in [0.4, 0.5) is 0 Å². The molecule has 0 spiro atoms. The molecule has 1 aromatic rings. The quantitative estimate of drug-likeness (QED) is 0.597. The second kappa shape index (κ2) is 2.71. The van der Waals surface area contributed by atoms with E-state index in [-0.39, 0.29) is 5.56 Å². The van der Waals surface area contributed by atoms with Gasteiger partial charge in [0.1, 0.15) is 5.82 Å². The Bertz CT molecular complexity index is 357. The van der Waals surface area contributed by atoms with Crippen molar-refractivity contribution < 1.29 is 4.74 Å². The Labute approximate surface area is 69.6 Å². The first kappa shape index (κ1) is 7.49. The van der Waals surface area contributed by atoms with Crippen LogP contribution in [-0.2, 0) is 17.8 Å². The van der Waals surface area contributed by atoms with Crippen LogP contribution in [0.15, 0.2) is 4.79 Å². The minimum atomic E-state index is -0.0581. The average molecular weight is 166 g/mol. The number of H-pyrrole nitrogens is 1. The van der Waals surface area contributed by atoms with Crippen LogP contribution >= 0.6 is 0 Å². The van der Waals surface area contributed by atoms with Gasteiger partial charge in [0, 0.05) is 6.42 Å². The Kier molecular flexibility index (Phi) is 1.69. The summed E-state index contributed by atoms with van der Waals surface area (Å²) in [5.41, 5.74) is 1.52. The van der Waals surface area contributed by atoms with Crippen LogP contribution in [0, 0.1) is 6.92 Å². The zero-order valence-corrected chi connectivity index (χ0v) is 6.89. The van der Waals surface area contributed by atoms with Gasteiger partial charge in [-0.25, -0.2) is 4.98 Å². The molecule has 0 aliphatic carbocycles. The number of aromatic nitrogens is 2. The van der Waals surface area contributed by atoms with Gasteiger partial charge in [0.25, 0.3) is 5.56 Å². The minimum Gasteiger partial charge on any atom is -0.376 e. The van der Waals surface area contributed by atoms with Gasteiger partial charge in [-0.1, -0.05) is 0 Å². The predicted octanol–water partition coefficient (Wildman–Crippen LogP) is 0.151. The molecule has 0 bridgehead atoms. The normalized spacial score (nSPS) is 15.8. The molecule has 0 fully saturated rings. The van der Waals surface area contributed by atoms with Crippen molar-refractivity contribution in [1.29, 1.82) is 0 Å². The summed E-state index contributed by atoms with van der Waals surface area (Å²) in [5.74, 6) is 0.681. The third-order valence-electron chi connectivity index (χ3n) is 1.95. The van der Waals surface area contributed by atoms with E-state index in [9.17, 15) is 4.79 Å². The fourth-order valence-electron chi connectivity index (χ4n) is 1.37. The summed E-state index contributed by atoms with van der Waals surface area (Å²) in [6, 6.07) is 0. The topological polar surface area (TPSA) is 55.0 Å². The van der Waals surface area contributed by atoms with Gasteiger partial charge in [-0.2, -0.15) is 0 Å². The first-order chi connectivity index (χ1) is 5.77. The lowest BCUT2D eigenvalue weighted by atomic mass is 10.1. The SMILES string of the molecule is Cc1nc2c(c(=O)[nH]1)COCC2. The van der Waals surface area contributed by atoms with E-state index in [0.717, 1.165) is 12.1 Å². The maximum absolute atomic E-state index is 11.3. The smallest absolute Gasteiger partial charge is 0.256 e. The van der Waals surface area contributed by atoms with Gasteiger partial charge < -0.3 is 9.72 Å². The molecule has 0 atom stereocenters. The Balaban J connectivity index is 2.60. The highest BCUT2D eigenvalue weighted by molar-refractivity contribution is 5.18. The Morgan fingerprint density at radius 3 is 3.25 bits per heavy atom. The van der Waals surface area contributed by atoms with Gasteiger partial charge in [0.2, 0.25) is 0 Å². The lowest BCUT2D eigenvalue weighted by molar-refractivity contribution is 0.108. The number of aryl methyl sites for hydroxylation is 1. The number of fused-ring (bicyclic) bond motifs is 1. The highest BCUT2D eigenvalue weighted by Gasteiger charge is 2.14. The number of ether oxygens (including phenoxy) is 1. The minimum absolute atomic E-state index is 0.0581. The van der Waals surface area contributed by atoms with Crippen LogP contribution in [0.3, 0.4) is 0 Å². The second-order valence-electron chi connectivity index (χ2n) is 2.88. The summed E-state index contributed by atoms with van der Waals surface area (Å²) in [7, 11) is 0. The molecule has 12 heavy (non-hydrogen) atoms. The Morgan fingerprint density at radius 2 is 2.42 bits per heavy atom. The van der Waals surface area contributed by atoms with Gasteiger partial charge in [0.05, 0.1) is 24.5 Å². The van der Waals surface area contributed by atoms with Crippen LogP contribution in [-0.4, -0.2) is 16.6 Å². The molecule has 0 saturated heterocycles. The summed E-state index contributed by atoms with van der Waals surface area (Å²) in [6.45, 7) is 2.86. The molecule has 1 N–H and O–H groups in total. The first-order valence-electron chi connectivity index (χ1n) is 3.94. The zero-order valence-electron chi connectivity index (χ0n) is 6.89. The number of rotatable bonds is 0. The van der Waals surface area contributed by atoms with E-state index < -0.39 is 0 Å². The van der Waals surface area contributed by atoms with Crippen molar-refractivity contribution in [2.75, 3.05) is 6.61 Å². The Morgan fingerprint density at radius 1 is 1.58 bits per heavy atom. The van der Waals surface area contributed by atoms with E-state index >= 15 is 0 Å². The molecule has 2 rings (SSSR count). The van der Waals surface area contributed by atoms with Crippen molar-refractivity contribution in [3.8, 4) is 0 Å². The van der Waals surface area contributed by atoms with E-state index in [4.69, 9.17) is 4.74 Å². The highest BCUT2D eigenvalue weighted by atomic mass is 16.5. The van der Waals surface area contributed by atoms with Crippen molar-refractivity contribution >= 4 is 0 Å². The van der Waals surface area contributed by atoms with Crippen LogP contribution in [0.1, 0.15) is 17.1 Å². The van der Waals surface area contributed by atoms with E-state index in [1.54, 1.807) is 6.92 Å². The summed E-state index contributed by atoms with van der Waals surface area (Å²) >= 11 is 0. The molecule has 1 aliphatic heterocycles. The molecule has 0 amide bonds. The molecule has 4 heteroatoms. The van der Waals surface area contributed by atoms with Gasteiger partial charge in [-0.15, -0.1) is 0 Å². The monoisotopic (exact) mass is 166 g/mol. The molecule has 0 aromatic carbocycles. The van der Waals surface area contributed by atoms with Crippen molar-refractivity contribution in [2.24, 2.45) is 0 Å². The van der Waals surface area contributed by atoms with Gasteiger partial charge in [0.15, 0.2) is 0 Å². The van der Waals surface area contributed by atoms with Gasteiger partial charge >= 0.3 is 0 Å². The molecule has 2 heterocycles. The van der Waals surface area contributed by atoms with E-state index in [0.29, 0.717) is 24.6 Å². The molecular formula is C8H10N2O2. The maximum atomic E-state index is 11.3. The summed E-state index contributed by atoms with van der Waals surface area (Å²) in [4.78, 5) is 18.2. The summed E-state index contributed by atoms with van der Waals surface area (Å²) in [6.07, 6.45) is 0.750. The predicted molar refractivity (Wildman–Crippen MR) is 43.0 cm³/mol. The van der Waals surface area contributed by atoms with Crippen LogP contribution in [0.2, 0.25) is 0 Å². The third-order valence-corrected chi connectivity index (χ3v) is 1.95. The standard InChI is InChI=1S/C8H10N2O2/c1-5-9-7-2-3-12-4-6(7)8(11)10-5/h2-4H2,1H3,(H,9,10,11). The van der Waals surface area contributed by atoms with Crippen molar-refractivity contribution in [3.63, 3.8) is 0 Å². The van der Waals surface area contributed by atoms with Crippen LogP contribution in [0.5, 0.6) is 0 Å². The number of aromatic amines is 1. The molecule has 1 aromatic heterocycles. The highest BCUT2D eigenvalue weighted by Crippen LogP contribution is 2.09. The van der Waals surface area contributed by atoms with E-state index in [2.05, 4.69) is 9.97 Å². The van der Waals surface area contributed by atoms with Crippen LogP contribution in [0.25, 0.3) is 0 Å². The zero-order chi connectivity index (χ0) is 8.55.